The Morgan fingerprint density at radius 3 is 2.12 bits per heavy atom. The van der Waals surface area contributed by atoms with E-state index in [1.165, 1.54) is 0 Å². The van der Waals surface area contributed by atoms with E-state index in [0.717, 1.165) is 34.2 Å². The first-order chi connectivity index (χ1) is 20.2. The second-order valence-corrected chi connectivity index (χ2v) is 11.2. The molecular formula is C34H39N3O5. The Morgan fingerprint density at radius 2 is 1.52 bits per heavy atom. The van der Waals surface area contributed by atoms with Crippen molar-refractivity contribution in [3.63, 3.8) is 0 Å². The normalized spacial score (nSPS) is 12.1. The predicted molar refractivity (Wildman–Crippen MR) is 162 cm³/mol. The minimum Gasteiger partial charge on any atom is -0.451 e. The first kappa shape index (κ1) is 30.5. The summed E-state index contributed by atoms with van der Waals surface area (Å²) in [5.74, 6) is -0.641. The molecule has 2 N–H and O–H groups in total. The molecule has 1 amide bonds. The van der Waals surface area contributed by atoms with Crippen molar-refractivity contribution in [2.24, 2.45) is 0 Å². The Bertz CT molecular complexity index is 1370. The molecule has 0 saturated carbocycles. The fourth-order valence-corrected chi connectivity index (χ4v) is 4.44. The third kappa shape index (κ3) is 9.31. The highest BCUT2D eigenvalue weighted by molar-refractivity contribution is 5.75. The average molecular weight is 570 g/mol. The zero-order valence-electron chi connectivity index (χ0n) is 24.4. The van der Waals surface area contributed by atoms with E-state index < -0.39 is 29.9 Å². The number of benzene rings is 3. The number of esters is 1. The molecule has 1 unspecified atom stereocenters. The van der Waals surface area contributed by atoms with Gasteiger partial charge in [0.15, 0.2) is 12.2 Å². The number of carbonyl (C=O) groups is 2. The smallest absolute Gasteiger partial charge is 0.407 e. The summed E-state index contributed by atoms with van der Waals surface area (Å²) in [7, 11) is 0. The Labute approximate surface area is 247 Å². The maximum atomic E-state index is 12.8. The molecule has 0 fully saturated rings. The van der Waals surface area contributed by atoms with Crippen LogP contribution in [0.15, 0.2) is 97.3 Å². The molecule has 0 aliphatic rings. The van der Waals surface area contributed by atoms with Crippen LogP contribution in [0.25, 0.3) is 11.1 Å². The number of alkyl carbamates (subject to hydrolysis) is 1. The molecule has 0 spiro atoms. The number of nitrogens with zero attached hydrogens (tertiary/aromatic N) is 2. The van der Waals surface area contributed by atoms with E-state index in [2.05, 4.69) is 10.4 Å². The number of hydrogen-bond acceptors (Lipinski definition) is 6. The summed E-state index contributed by atoms with van der Waals surface area (Å²) in [5, 5.41) is 17.8. The van der Waals surface area contributed by atoms with Crippen molar-refractivity contribution in [2.45, 2.75) is 64.4 Å². The van der Waals surface area contributed by atoms with Gasteiger partial charge in [-0.1, -0.05) is 84.9 Å². The fraction of sp³-hybridized carbons (Fsp3) is 0.324. The molecule has 4 aromatic rings. The highest BCUT2D eigenvalue weighted by atomic mass is 16.6. The lowest BCUT2D eigenvalue weighted by Gasteiger charge is -2.21. The molecule has 220 valence electrons. The van der Waals surface area contributed by atoms with E-state index in [4.69, 9.17) is 9.47 Å². The van der Waals surface area contributed by atoms with Gasteiger partial charge in [0.25, 0.3) is 0 Å². The lowest BCUT2D eigenvalue weighted by molar-refractivity contribution is -0.157. The molecule has 8 heteroatoms. The number of carbonyl (C=O) groups excluding carboxylic acids is 2. The summed E-state index contributed by atoms with van der Waals surface area (Å²) in [6.45, 7) is 6.66. The second kappa shape index (κ2) is 14.5. The summed E-state index contributed by atoms with van der Waals surface area (Å²) in [6.07, 6.45) is 3.05. The van der Waals surface area contributed by atoms with E-state index >= 15 is 0 Å². The van der Waals surface area contributed by atoms with Crippen LogP contribution in [0, 0.1) is 0 Å². The van der Waals surface area contributed by atoms with Gasteiger partial charge < -0.3 is 19.9 Å². The van der Waals surface area contributed by atoms with Crippen molar-refractivity contribution >= 4 is 12.1 Å². The van der Waals surface area contributed by atoms with Crippen molar-refractivity contribution in [2.75, 3.05) is 6.54 Å². The van der Waals surface area contributed by atoms with Crippen LogP contribution in [-0.2, 0) is 27.2 Å². The van der Waals surface area contributed by atoms with Gasteiger partial charge in [0, 0.05) is 24.8 Å². The highest BCUT2D eigenvalue weighted by Gasteiger charge is 2.24. The number of ether oxygens (including phenoxy) is 2. The molecule has 3 aromatic carbocycles. The number of aliphatic hydroxyl groups is 1. The topological polar surface area (TPSA) is 103 Å². The first-order valence-electron chi connectivity index (χ1n) is 14.2. The fourth-order valence-electron chi connectivity index (χ4n) is 4.44. The summed E-state index contributed by atoms with van der Waals surface area (Å²) in [6, 6.07) is 27.1. The maximum Gasteiger partial charge on any atom is 0.407 e. The van der Waals surface area contributed by atoms with Crippen LogP contribution in [0.4, 0.5) is 4.79 Å². The van der Waals surface area contributed by atoms with Gasteiger partial charge >= 0.3 is 12.1 Å². The summed E-state index contributed by atoms with van der Waals surface area (Å²) in [4.78, 5) is 24.6. The molecule has 42 heavy (non-hydrogen) atoms. The van der Waals surface area contributed by atoms with Gasteiger partial charge in [0.2, 0.25) is 0 Å². The molecule has 8 nitrogen and oxygen atoms in total. The molecule has 1 heterocycles. The largest absolute Gasteiger partial charge is 0.451 e. The Hall–Kier alpha value is -4.43. The lowest BCUT2D eigenvalue weighted by atomic mass is 10.0. The Balaban J connectivity index is 1.25. The number of aromatic nitrogens is 2. The van der Waals surface area contributed by atoms with E-state index in [9.17, 15) is 14.7 Å². The van der Waals surface area contributed by atoms with E-state index in [-0.39, 0.29) is 6.42 Å². The summed E-state index contributed by atoms with van der Waals surface area (Å²) in [5.41, 5.74) is 4.19. The third-order valence-electron chi connectivity index (χ3n) is 6.57. The quantitative estimate of drug-likeness (QED) is 0.158. The average Bonchev–Trinajstić information content (AvgIpc) is 3.46. The van der Waals surface area contributed by atoms with E-state index in [0.29, 0.717) is 19.5 Å². The zero-order chi connectivity index (χ0) is 30.0. The minimum atomic E-state index is -1.23. The van der Waals surface area contributed by atoms with Gasteiger partial charge in [-0.25, -0.2) is 9.59 Å². The van der Waals surface area contributed by atoms with Crippen LogP contribution in [-0.4, -0.2) is 45.2 Å². The number of rotatable bonds is 12. The standard InChI is InChI=1S/C34H39N3O5/c1-34(2,3)42-33(40)35-21-10-22-37-24-29(23-36-37)26-18-15-25(16-19-26)17-20-30(38)32(39)41-31(27-11-6-4-7-12-27)28-13-8-5-9-14-28/h4-9,11-16,18-19,23-24,30-31,38H,10,17,20-22H2,1-3H3,(H,35,40). The Morgan fingerprint density at radius 1 is 0.905 bits per heavy atom. The molecule has 0 aliphatic heterocycles. The molecule has 4 rings (SSSR count). The predicted octanol–water partition coefficient (Wildman–Crippen LogP) is 6.09. The van der Waals surface area contributed by atoms with Crippen LogP contribution in [0.3, 0.4) is 0 Å². The van der Waals surface area contributed by atoms with Crippen molar-refractivity contribution in [3.05, 3.63) is 114 Å². The highest BCUT2D eigenvalue weighted by Crippen LogP contribution is 2.27. The SMILES string of the molecule is CC(C)(C)OC(=O)NCCCn1cc(-c2ccc(CCC(O)C(=O)OC(c3ccccc3)c3ccccc3)cc2)cn1. The van der Waals surface area contributed by atoms with Crippen LogP contribution < -0.4 is 5.32 Å². The lowest BCUT2D eigenvalue weighted by Crippen LogP contribution is -2.33. The maximum absolute atomic E-state index is 12.8. The van der Waals surface area contributed by atoms with Crippen LogP contribution >= 0.6 is 0 Å². The molecule has 1 aromatic heterocycles. The van der Waals surface area contributed by atoms with Crippen LogP contribution in [0.5, 0.6) is 0 Å². The van der Waals surface area contributed by atoms with Gasteiger partial charge in [-0.05, 0) is 62.3 Å². The third-order valence-corrected chi connectivity index (χ3v) is 6.57. The monoisotopic (exact) mass is 569 g/mol. The molecule has 0 bridgehead atoms. The van der Waals surface area contributed by atoms with Crippen molar-refractivity contribution < 1.29 is 24.2 Å². The molecule has 0 aliphatic carbocycles. The van der Waals surface area contributed by atoms with Gasteiger partial charge in [-0.3, -0.25) is 4.68 Å². The van der Waals surface area contributed by atoms with Crippen LogP contribution in [0.1, 0.15) is 56.4 Å². The summed E-state index contributed by atoms with van der Waals surface area (Å²) >= 11 is 0. The van der Waals surface area contributed by atoms with Gasteiger partial charge in [0.05, 0.1) is 6.20 Å². The first-order valence-corrected chi connectivity index (χ1v) is 14.2. The van der Waals surface area contributed by atoms with Gasteiger partial charge in [-0.15, -0.1) is 0 Å². The minimum absolute atomic E-state index is 0.254. The van der Waals surface area contributed by atoms with E-state index in [1.54, 1.807) is 0 Å². The van der Waals surface area contributed by atoms with Crippen molar-refractivity contribution in [3.8, 4) is 11.1 Å². The summed E-state index contributed by atoms with van der Waals surface area (Å²) < 4.78 is 12.9. The van der Waals surface area contributed by atoms with E-state index in [1.807, 2.05) is 123 Å². The number of aliphatic hydroxyl groups excluding tert-OH is 1. The Kier molecular flexibility index (Phi) is 10.5. The van der Waals surface area contributed by atoms with Crippen molar-refractivity contribution in [1.29, 1.82) is 0 Å². The van der Waals surface area contributed by atoms with Gasteiger partial charge in [-0.2, -0.15) is 5.10 Å². The number of nitrogens with one attached hydrogen (secondary N) is 1. The molecular weight excluding hydrogens is 530 g/mol. The number of hydrogen-bond donors (Lipinski definition) is 2. The molecule has 1 atom stereocenters. The van der Waals surface area contributed by atoms with Crippen LogP contribution in [0.2, 0.25) is 0 Å². The zero-order valence-corrected chi connectivity index (χ0v) is 24.4. The number of aryl methyl sites for hydroxylation is 2. The molecule has 0 radical (unpaired) electrons. The van der Waals surface area contributed by atoms with Crippen molar-refractivity contribution in [1.82, 2.24) is 15.1 Å². The molecule has 0 saturated heterocycles. The van der Waals surface area contributed by atoms with Gasteiger partial charge in [0.1, 0.15) is 5.60 Å². The number of amides is 1. The second-order valence-electron chi connectivity index (χ2n) is 11.2.